The monoisotopic (exact) mass is 401 g/mol. The average Bonchev–Trinajstić information content (AvgIpc) is 3.29. The van der Waals surface area contributed by atoms with Gasteiger partial charge in [-0.1, -0.05) is 11.6 Å². The van der Waals surface area contributed by atoms with Gasteiger partial charge in [-0.25, -0.2) is 17.5 Å². The van der Waals surface area contributed by atoms with E-state index in [4.69, 9.17) is 16.0 Å². The second-order valence-corrected chi connectivity index (χ2v) is 8.20. The summed E-state index contributed by atoms with van der Waals surface area (Å²) in [5.74, 6) is -0.517. The molecule has 0 bridgehead atoms. The minimum absolute atomic E-state index is 0.200. The first-order valence-corrected chi connectivity index (χ1v) is 9.87. The molecule has 0 aliphatic carbocycles. The Balaban J connectivity index is 1.90. The number of benzene rings is 1. The summed E-state index contributed by atoms with van der Waals surface area (Å²) in [4.78, 5) is -0.203. The van der Waals surface area contributed by atoms with Crippen LogP contribution in [0, 0.1) is 5.82 Å². The van der Waals surface area contributed by atoms with Crippen LogP contribution < -0.4 is 4.72 Å². The van der Waals surface area contributed by atoms with E-state index < -0.39 is 21.4 Å². The molecule has 0 amide bonds. The molecule has 132 valence electrons. The van der Waals surface area contributed by atoms with Gasteiger partial charge in [-0.05, 0) is 47.2 Å². The van der Waals surface area contributed by atoms with Crippen LogP contribution >= 0.6 is 22.9 Å². The molecule has 2 aromatic heterocycles. The first-order chi connectivity index (χ1) is 11.8. The molecule has 9 heteroatoms. The van der Waals surface area contributed by atoms with Crippen molar-refractivity contribution in [2.75, 3.05) is 6.54 Å². The maximum absolute atomic E-state index is 13.2. The van der Waals surface area contributed by atoms with Crippen LogP contribution in [0.5, 0.6) is 0 Å². The molecule has 0 aliphatic rings. The van der Waals surface area contributed by atoms with Gasteiger partial charge < -0.3 is 9.52 Å². The molecule has 25 heavy (non-hydrogen) atoms. The Hall–Kier alpha value is -1.71. The number of sulfonamides is 1. The molecule has 2 heterocycles. The third kappa shape index (κ3) is 3.63. The number of thiophene rings is 1. The summed E-state index contributed by atoms with van der Waals surface area (Å²) in [6.07, 6.45) is 1.39. The Morgan fingerprint density at radius 1 is 1.32 bits per heavy atom. The Bertz CT molecular complexity index is 922. The molecule has 0 spiro atoms. The van der Waals surface area contributed by atoms with E-state index in [1.807, 2.05) is 0 Å². The highest BCUT2D eigenvalue weighted by Crippen LogP contribution is 2.31. The molecule has 0 fully saturated rings. The van der Waals surface area contributed by atoms with Crippen LogP contribution in [0.25, 0.3) is 0 Å². The first-order valence-electron chi connectivity index (χ1n) is 7.07. The largest absolute Gasteiger partial charge is 0.466 e. The van der Waals surface area contributed by atoms with E-state index in [1.54, 1.807) is 29.0 Å². The third-order valence-corrected chi connectivity index (χ3v) is 6.02. The molecule has 0 radical (unpaired) electrons. The van der Waals surface area contributed by atoms with Crippen molar-refractivity contribution >= 4 is 33.0 Å². The smallest absolute Gasteiger partial charge is 0.240 e. The van der Waals surface area contributed by atoms with Crippen molar-refractivity contribution in [3.63, 3.8) is 0 Å². The van der Waals surface area contributed by atoms with Crippen molar-refractivity contribution in [3.05, 3.63) is 75.6 Å². The highest BCUT2D eigenvalue weighted by atomic mass is 35.5. The predicted octanol–water partition coefficient (Wildman–Crippen LogP) is 3.35. The normalized spacial score (nSPS) is 14.4. The van der Waals surface area contributed by atoms with Gasteiger partial charge in [0.05, 0.1) is 22.7 Å². The maximum Gasteiger partial charge on any atom is 0.240 e. The van der Waals surface area contributed by atoms with Crippen LogP contribution in [0.1, 0.15) is 11.3 Å². The van der Waals surface area contributed by atoms with Gasteiger partial charge in [-0.2, -0.15) is 11.3 Å². The van der Waals surface area contributed by atoms with Crippen molar-refractivity contribution in [3.8, 4) is 0 Å². The fourth-order valence-corrected chi connectivity index (χ4v) is 4.33. The summed E-state index contributed by atoms with van der Waals surface area (Å²) in [5, 5.41) is 14.2. The number of nitrogens with one attached hydrogen (secondary N) is 1. The topological polar surface area (TPSA) is 79.5 Å². The number of rotatable bonds is 6. The minimum atomic E-state index is -4.01. The highest BCUT2D eigenvalue weighted by molar-refractivity contribution is 7.89. The molecule has 0 aliphatic heterocycles. The molecule has 1 unspecified atom stereocenters. The quantitative estimate of drug-likeness (QED) is 0.663. The molecular weight excluding hydrogens is 389 g/mol. The Morgan fingerprint density at radius 3 is 2.72 bits per heavy atom. The molecule has 3 aromatic rings. The Kier molecular flexibility index (Phi) is 4.99. The Labute approximate surface area is 152 Å². The van der Waals surface area contributed by atoms with Crippen LogP contribution in [-0.4, -0.2) is 20.1 Å². The summed E-state index contributed by atoms with van der Waals surface area (Å²) in [6, 6.07) is 7.90. The van der Waals surface area contributed by atoms with Crippen LogP contribution in [-0.2, 0) is 15.6 Å². The summed E-state index contributed by atoms with van der Waals surface area (Å²) >= 11 is 7.00. The second-order valence-electron chi connectivity index (χ2n) is 5.25. The van der Waals surface area contributed by atoms with Crippen LogP contribution in [0.3, 0.4) is 0 Å². The summed E-state index contributed by atoms with van der Waals surface area (Å²) in [6.45, 7) is -0.366. The number of halogens is 2. The van der Waals surface area contributed by atoms with Gasteiger partial charge in [0.15, 0.2) is 5.60 Å². The number of aliphatic hydroxyl groups is 1. The minimum Gasteiger partial charge on any atom is -0.466 e. The third-order valence-electron chi connectivity index (χ3n) is 3.65. The molecule has 5 nitrogen and oxygen atoms in total. The summed E-state index contributed by atoms with van der Waals surface area (Å²) in [7, 11) is -4.01. The van der Waals surface area contributed by atoms with E-state index in [-0.39, 0.29) is 22.2 Å². The van der Waals surface area contributed by atoms with Crippen LogP contribution in [0.15, 0.2) is 62.7 Å². The Morgan fingerprint density at radius 2 is 2.12 bits per heavy atom. The molecule has 2 N–H and O–H groups in total. The van der Waals surface area contributed by atoms with Gasteiger partial charge in [0, 0.05) is 5.56 Å². The maximum atomic E-state index is 13.2. The van der Waals surface area contributed by atoms with Crippen molar-refractivity contribution in [2.24, 2.45) is 0 Å². The SMILES string of the molecule is O=S(=O)(NCC(O)(c1ccsc1)c1ccco1)c1ccc(F)c(Cl)c1. The lowest BCUT2D eigenvalue weighted by molar-refractivity contribution is 0.0623. The van der Waals surface area contributed by atoms with Crippen LogP contribution in [0.2, 0.25) is 5.02 Å². The standard InChI is InChI=1S/C16H13ClFNO4S2/c17-13-8-12(3-4-14(13)18)25(21,22)19-10-16(20,11-5-7-24-9-11)15-2-1-6-23-15/h1-9,19-20H,10H2. The number of hydrogen-bond acceptors (Lipinski definition) is 5. The molecular formula is C16H13ClFNO4S2. The van der Waals surface area contributed by atoms with Crippen molar-refractivity contribution in [1.82, 2.24) is 4.72 Å². The summed E-state index contributed by atoms with van der Waals surface area (Å²) in [5.41, 5.74) is -1.19. The van der Waals surface area contributed by atoms with Gasteiger partial charge >= 0.3 is 0 Å². The van der Waals surface area contributed by atoms with E-state index in [1.165, 1.54) is 17.6 Å². The number of furan rings is 1. The lowest BCUT2D eigenvalue weighted by atomic mass is 9.94. The van der Waals surface area contributed by atoms with E-state index >= 15 is 0 Å². The fraction of sp³-hybridized carbons (Fsp3) is 0.125. The van der Waals surface area contributed by atoms with Crippen molar-refractivity contribution in [2.45, 2.75) is 10.5 Å². The van der Waals surface area contributed by atoms with E-state index in [9.17, 15) is 17.9 Å². The second kappa shape index (κ2) is 6.89. The average molecular weight is 402 g/mol. The zero-order valence-electron chi connectivity index (χ0n) is 12.6. The van der Waals surface area contributed by atoms with Gasteiger partial charge in [0.25, 0.3) is 0 Å². The zero-order valence-corrected chi connectivity index (χ0v) is 15.0. The fourth-order valence-electron chi connectivity index (χ4n) is 2.27. The van der Waals surface area contributed by atoms with Crippen molar-refractivity contribution < 1.29 is 22.3 Å². The van der Waals surface area contributed by atoms with Crippen molar-refractivity contribution in [1.29, 1.82) is 0 Å². The zero-order chi connectivity index (χ0) is 18.1. The molecule has 1 atom stereocenters. The first kappa shape index (κ1) is 18.1. The van der Waals surface area contributed by atoms with Gasteiger partial charge in [-0.15, -0.1) is 0 Å². The molecule has 0 saturated heterocycles. The lowest BCUT2D eigenvalue weighted by Gasteiger charge is -2.25. The molecule has 0 saturated carbocycles. The van der Waals surface area contributed by atoms with E-state index in [0.717, 1.165) is 18.2 Å². The van der Waals surface area contributed by atoms with Gasteiger partial charge in [0.2, 0.25) is 10.0 Å². The van der Waals surface area contributed by atoms with E-state index in [0.29, 0.717) is 5.56 Å². The predicted molar refractivity (Wildman–Crippen MR) is 92.6 cm³/mol. The highest BCUT2D eigenvalue weighted by Gasteiger charge is 2.36. The van der Waals surface area contributed by atoms with Gasteiger partial charge in [-0.3, -0.25) is 0 Å². The molecule has 3 rings (SSSR count). The summed E-state index contributed by atoms with van der Waals surface area (Å²) < 4.78 is 45.7. The van der Waals surface area contributed by atoms with Gasteiger partial charge in [0.1, 0.15) is 11.6 Å². The van der Waals surface area contributed by atoms with E-state index in [2.05, 4.69) is 4.72 Å². The van der Waals surface area contributed by atoms with Crippen LogP contribution in [0.4, 0.5) is 4.39 Å². The number of hydrogen-bond donors (Lipinski definition) is 2. The lowest BCUT2D eigenvalue weighted by Crippen LogP contribution is -2.41. The molecule has 1 aromatic carbocycles.